The van der Waals surface area contributed by atoms with Crippen LogP contribution in [0.25, 0.3) is 20.7 Å². The lowest BCUT2D eigenvalue weighted by molar-refractivity contribution is 0.601. The van der Waals surface area contributed by atoms with Crippen molar-refractivity contribution in [3.8, 4) is 10.4 Å². The normalized spacial score (nSPS) is 11.5. The highest BCUT2D eigenvalue weighted by Crippen LogP contribution is 2.36. The van der Waals surface area contributed by atoms with Gasteiger partial charge in [0.05, 0.1) is 10.3 Å². The molecule has 0 unspecified atom stereocenters. The summed E-state index contributed by atoms with van der Waals surface area (Å²) in [6.07, 6.45) is 1.51. The summed E-state index contributed by atoms with van der Waals surface area (Å²) >= 11 is 1.61. The number of nitrogens with zero attached hydrogens (tertiary/aromatic N) is 4. The minimum absolute atomic E-state index is 0.0349. The van der Waals surface area contributed by atoms with Crippen LogP contribution < -0.4 is 10.0 Å². The number of hydrogen-bond acceptors (Lipinski definition) is 8. The minimum atomic E-state index is -3.82. The molecule has 3 aromatic heterocycles. The molecular weight excluding hydrogens is 468 g/mol. The Morgan fingerprint density at radius 2 is 1.65 bits per heavy atom. The molecule has 8 nitrogen and oxygen atoms in total. The van der Waals surface area contributed by atoms with Crippen LogP contribution in [0.15, 0.2) is 77.8 Å². The van der Waals surface area contributed by atoms with Gasteiger partial charge in [0, 0.05) is 22.5 Å². The fourth-order valence-corrected chi connectivity index (χ4v) is 5.43. The Labute approximate surface area is 200 Å². The smallest absolute Gasteiger partial charge is 0.264 e. The Balaban J connectivity index is 1.41. The first-order chi connectivity index (χ1) is 16.4. The summed E-state index contributed by atoms with van der Waals surface area (Å²) in [5, 5.41) is 4.21. The van der Waals surface area contributed by atoms with E-state index in [0.717, 1.165) is 20.7 Å². The van der Waals surface area contributed by atoms with Crippen LogP contribution >= 0.6 is 11.3 Å². The van der Waals surface area contributed by atoms with Crippen LogP contribution in [0.5, 0.6) is 0 Å². The summed E-state index contributed by atoms with van der Waals surface area (Å²) < 4.78 is 27.8. The third kappa shape index (κ3) is 4.59. The number of fused-ring (bicyclic) bond motifs is 1. The molecule has 170 valence electrons. The predicted octanol–water partition coefficient (Wildman–Crippen LogP) is 5.31. The molecular formula is C24H20N6O2S2. The van der Waals surface area contributed by atoms with E-state index in [1.165, 1.54) is 18.3 Å². The number of aryl methyl sites for hydroxylation is 2. The van der Waals surface area contributed by atoms with Gasteiger partial charge in [-0.05, 0) is 55.8 Å². The fraction of sp³-hybridized carbons (Fsp3) is 0.0833. The molecule has 0 aliphatic carbocycles. The predicted molar refractivity (Wildman–Crippen MR) is 135 cm³/mol. The van der Waals surface area contributed by atoms with Crippen LogP contribution in [0.2, 0.25) is 0 Å². The second-order valence-electron chi connectivity index (χ2n) is 7.59. The molecule has 3 heterocycles. The van der Waals surface area contributed by atoms with E-state index in [9.17, 15) is 8.42 Å². The van der Waals surface area contributed by atoms with Crippen molar-refractivity contribution in [1.82, 2.24) is 19.9 Å². The minimum Gasteiger partial charge on any atom is -0.340 e. The average molecular weight is 489 g/mol. The Morgan fingerprint density at radius 3 is 2.38 bits per heavy atom. The number of aromatic nitrogens is 4. The lowest BCUT2D eigenvalue weighted by Gasteiger charge is -2.10. The second kappa shape index (κ2) is 8.81. The summed E-state index contributed by atoms with van der Waals surface area (Å²) in [4.78, 5) is 19.3. The van der Waals surface area contributed by atoms with Crippen molar-refractivity contribution in [3.63, 3.8) is 0 Å². The molecule has 0 bridgehead atoms. The Morgan fingerprint density at radius 1 is 0.882 bits per heavy atom. The number of rotatable bonds is 6. The largest absolute Gasteiger partial charge is 0.340 e. The van der Waals surface area contributed by atoms with Crippen LogP contribution in [-0.4, -0.2) is 28.4 Å². The molecule has 10 heteroatoms. The lowest BCUT2D eigenvalue weighted by atomic mass is 10.2. The van der Waals surface area contributed by atoms with Gasteiger partial charge in [0.1, 0.15) is 16.5 Å². The maximum Gasteiger partial charge on any atom is 0.264 e. The van der Waals surface area contributed by atoms with Crippen LogP contribution in [-0.2, 0) is 10.0 Å². The van der Waals surface area contributed by atoms with Crippen molar-refractivity contribution < 1.29 is 8.42 Å². The Kier molecular flexibility index (Phi) is 5.68. The number of sulfonamides is 1. The molecule has 0 aliphatic heterocycles. The van der Waals surface area contributed by atoms with E-state index in [1.807, 2.05) is 25.1 Å². The fourth-order valence-electron chi connectivity index (χ4n) is 3.40. The molecule has 0 radical (unpaired) electrons. The molecule has 0 saturated carbocycles. The number of thiophene rings is 1. The second-order valence-corrected chi connectivity index (χ2v) is 10.3. The number of nitrogens with one attached hydrogen (secondary N) is 2. The summed E-state index contributed by atoms with van der Waals surface area (Å²) in [5.41, 5.74) is 2.49. The van der Waals surface area contributed by atoms with Gasteiger partial charge in [-0.1, -0.05) is 30.3 Å². The lowest BCUT2D eigenvalue weighted by Crippen LogP contribution is -2.15. The molecule has 0 fully saturated rings. The number of benzene rings is 2. The molecule has 2 aromatic carbocycles. The third-order valence-electron chi connectivity index (χ3n) is 5.01. The molecule has 0 spiro atoms. The molecule has 0 amide bonds. The summed E-state index contributed by atoms with van der Waals surface area (Å²) in [5.74, 6) is 1.36. The first-order valence-corrected chi connectivity index (χ1v) is 12.7. The van der Waals surface area contributed by atoms with Crippen molar-refractivity contribution in [2.75, 3.05) is 10.0 Å². The molecule has 5 rings (SSSR count). The van der Waals surface area contributed by atoms with Gasteiger partial charge in [-0.3, -0.25) is 0 Å². The van der Waals surface area contributed by atoms with Gasteiger partial charge in [-0.15, -0.1) is 11.3 Å². The topological polar surface area (TPSA) is 110 Å². The summed E-state index contributed by atoms with van der Waals surface area (Å²) in [6.45, 7) is 3.61. The Hall–Kier alpha value is -3.89. The zero-order valence-electron chi connectivity index (χ0n) is 18.4. The van der Waals surface area contributed by atoms with Gasteiger partial charge in [0.15, 0.2) is 0 Å². The van der Waals surface area contributed by atoms with E-state index in [1.54, 1.807) is 36.5 Å². The molecule has 2 N–H and O–H groups in total. The Bertz CT molecular complexity index is 1580. The van der Waals surface area contributed by atoms with Gasteiger partial charge < -0.3 is 5.32 Å². The molecule has 0 aliphatic rings. The van der Waals surface area contributed by atoms with Crippen LogP contribution in [0.4, 0.5) is 17.5 Å². The zero-order valence-corrected chi connectivity index (χ0v) is 20.0. The van der Waals surface area contributed by atoms with E-state index in [4.69, 9.17) is 0 Å². The van der Waals surface area contributed by atoms with E-state index in [2.05, 4.69) is 48.2 Å². The van der Waals surface area contributed by atoms with Gasteiger partial charge in [0.25, 0.3) is 10.0 Å². The van der Waals surface area contributed by atoms with Gasteiger partial charge in [0.2, 0.25) is 5.95 Å². The van der Waals surface area contributed by atoms with Crippen molar-refractivity contribution >= 4 is 49.0 Å². The molecule has 5 aromatic rings. The van der Waals surface area contributed by atoms with Crippen molar-refractivity contribution in [2.24, 2.45) is 0 Å². The van der Waals surface area contributed by atoms with Gasteiger partial charge in [-0.2, -0.15) is 0 Å². The van der Waals surface area contributed by atoms with Crippen LogP contribution in [0.3, 0.4) is 0 Å². The summed E-state index contributed by atoms with van der Waals surface area (Å²) in [7, 11) is -3.82. The van der Waals surface area contributed by atoms with Crippen molar-refractivity contribution in [2.45, 2.75) is 18.7 Å². The van der Waals surface area contributed by atoms with E-state index in [-0.39, 0.29) is 10.8 Å². The molecule has 0 saturated heterocycles. The molecule has 0 atom stereocenters. The van der Waals surface area contributed by atoms with Crippen molar-refractivity contribution in [1.29, 1.82) is 0 Å². The highest BCUT2D eigenvalue weighted by Gasteiger charge is 2.16. The van der Waals surface area contributed by atoms with E-state index >= 15 is 0 Å². The number of anilines is 3. The van der Waals surface area contributed by atoms with E-state index < -0.39 is 10.0 Å². The van der Waals surface area contributed by atoms with Gasteiger partial charge >= 0.3 is 0 Å². The van der Waals surface area contributed by atoms with Crippen LogP contribution in [0, 0.1) is 13.8 Å². The third-order valence-corrected chi connectivity index (χ3v) is 7.43. The van der Waals surface area contributed by atoms with Gasteiger partial charge in [-0.25, -0.2) is 33.1 Å². The first-order valence-electron chi connectivity index (χ1n) is 10.4. The first kappa shape index (κ1) is 21.9. The zero-order chi connectivity index (χ0) is 23.7. The molecule has 34 heavy (non-hydrogen) atoms. The highest BCUT2D eigenvalue weighted by atomic mass is 32.2. The quantitative estimate of drug-likeness (QED) is 0.333. The standard InChI is InChI=1S/C24H20N6O2S2/c1-15-12-13-25-24(26-15)30-34(31,32)19-10-8-18(9-11-19)29-22-20-14-21(17-6-4-3-5-7-17)33-23(20)28-16(2)27-22/h3-14H,1-2H3,(H,25,26,30)(H,27,28,29). The monoisotopic (exact) mass is 488 g/mol. The van der Waals surface area contributed by atoms with E-state index in [0.29, 0.717) is 23.0 Å². The highest BCUT2D eigenvalue weighted by molar-refractivity contribution is 7.92. The van der Waals surface area contributed by atoms with Crippen LogP contribution in [0.1, 0.15) is 11.5 Å². The number of hydrogen-bond donors (Lipinski definition) is 2. The average Bonchev–Trinajstić information content (AvgIpc) is 3.24. The maximum absolute atomic E-state index is 12.7. The SMILES string of the molecule is Cc1ccnc(NS(=O)(=O)c2ccc(Nc3nc(C)nc4sc(-c5ccccc5)cc34)cc2)n1. The maximum atomic E-state index is 12.7. The van der Waals surface area contributed by atoms with Crippen molar-refractivity contribution in [3.05, 3.63) is 84.4 Å². The summed E-state index contributed by atoms with van der Waals surface area (Å²) in [6, 6.07) is 20.3.